The standard InChI is InChI=1S/C17H19ClN2O2/c1-13-7-8-15(18)16(11-13)22-10-9-19-17(21)20-12-14-5-3-2-4-6-14/h2-8,11H,9-10,12H2,1H3,(H2,19,20,21). The zero-order valence-electron chi connectivity index (χ0n) is 12.4. The molecule has 0 spiro atoms. The molecule has 0 radical (unpaired) electrons. The molecule has 2 rings (SSSR count). The van der Waals surface area contributed by atoms with Crippen molar-refractivity contribution in [1.29, 1.82) is 0 Å². The van der Waals surface area contributed by atoms with Gasteiger partial charge in [-0.25, -0.2) is 4.79 Å². The number of urea groups is 1. The zero-order valence-corrected chi connectivity index (χ0v) is 13.2. The molecule has 2 amide bonds. The highest BCUT2D eigenvalue weighted by molar-refractivity contribution is 6.32. The molecular weight excluding hydrogens is 300 g/mol. The lowest BCUT2D eigenvalue weighted by atomic mass is 10.2. The number of carbonyl (C=O) groups is 1. The summed E-state index contributed by atoms with van der Waals surface area (Å²) in [7, 11) is 0. The topological polar surface area (TPSA) is 50.4 Å². The lowest BCUT2D eigenvalue weighted by Gasteiger charge is -2.10. The minimum absolute atomic E-state index is 0.220. The van der Waals surface area contributed by atoms with Crippen molar-refractivity contribution in [3.05, 3.63) is 64.7 Å². The van der Waals surface area contributed by atoms with Crippen LogP contribution < -0.4 is 15.4 Å². The van der Waals surface area contributed by atoms with Crippen molar-refractivity contribution < 1.29 is 9.53 Å². The fraction of sp³-hybridized carbons (Fsp3) is 0.235. The molecule has 2 aromatic rings. The van der Waals surface area contributed by atoms with E-state index in [1.807, 2.05) is 49.4 Å². The van der Waals surface area contributed by atoms with E-state index in [9.17, 15) is 4.79 Å². The summed E-state index contributed by atoms with van der Waals surface area (Å²) in [5, 5.41) is 6.09. The first kappa shape index (κ1) is 16.2. The lowest BCUT2D eigenvalue weighted by Crippen LogP contribution is -2.37. The van der Waals surface area contributed by atoms with E-state index in [1.165, 1.54) is 0 Å². The molecule has 0 saturated heterocycles. The van der Waals surface area contributed by atoms with Crippen LogP contribution in [0.1, 0.15) is 11.1 Å². The van der Waals surface area contributed by atoms with E-state index >= 15 is 0 Å². The Kier molecular flexibility index (Phi) is 6.10. The molecule has 0 atom stereocenters. The number of nitrogens with one attached hydrogen (secondary N) is 2. The van der Waals surface area contributed by atoms with Crippen LogP contribution in [0.5, 0.6) is 5.75 Å². The third-order valence-electron chi connectivity index (χ3n) is 3.03. The molecule has 5 heteroatoms. The number of ether oxygens (including phenoxy) is 1. The highest BCUT2D eigenvalue weighted by Gasteiger charge is 2.03. The van der Waals surface area contributed by atoms with Crippen LogP contribution in [0.2, 0.25) is 5.02 Å². The Morgan fingerprint density at radius 2 is 1.91 bits per heavy atom. The van der Waals surface area contributed by atoms with E-state index in [1.54, 1.807) is 6.07 Å². The number of carbonyl (C=O) groups excluding carboxylic acids is 1. The predicted molar refractivity (Wildman–Crippen MR) is 88.4 cm³/mol. The van der Waals surface area contributed by atoms with Gasteiger partial charge in [0.25, 0.3) is 0 Å². The number of hydrogen-bond acceptors (Lipinski definition) is 2. The summed E-state index contributed by atoms with van der Waals surface area (Å²) in [6.07, 6.45) is 0. The van der Waals surface area contributed by atoms with Gasteiger partial charge < -0.3 is 15.4 Å². The summed E-state index contributed by atoms with van der Waals surface area (Å²) in [5.41, 5.74) is 2.13. The van der Waals surface area contributed by atoms with E-state index in [4.69, 9.17) is 16.3 Å². The van der Waals surface area contributed by atoms with Gasteiger partial charge >= 0.3 is 6.03 Å². The van der Waals surface area contributed by atoms with Gasteiger partial charge in [-0.05, 0) is 30.2 Å². The fourth-order valence-electron chi connectivity index (χ4n) is 1.89. The van der Waals surface area contributed by atoms with Gasteiger partial charge in [-0.2, -0.15) is 0 Å². The van der Waals surface area contributed by atoms with Gasteiger partial charge in [-0.3, -0.25) is 0 Å². The number of halogens is 1. The Morgan fingerprint density at radius 1 is 1.14 bits per heavy atom. The maximum atomic E-state index is 11.6. The SMILES string of the molecule is Cc1ccc(Cl)c(OCCNC(=O)NCc2ccccc2)c1. The van der Waals surface area contributed by atoms with Crippen LogP contribution in [0.4, 0.5) is 4.79 Å². The molecular formula is C17H19ClN2O2. The van der Waals surface area contributed by atoms with Crippen molar-refractivity contribution in [2.75, 3.05) is 13.2 Å². The molecule has 2 N–H and O–H groups in total. The molecule has 0 fully saturated rings. The van der Waals surface area contributed by atoms with Crippen LogP contribution in [0.15, 0.2) is 48.5 Å². The molecule has 0 bridgehead atoms. The average Bonchev–Trinajstić information content (AvgIpc) is 2.53. The second-order valence-electron chi connectivity index (χ2n) is 4.88. The number of hydrogen-bond donors (Lipinski definition) is 2. The monoisotopic (exact) mass is 318 g/mol. The highest BCUT2D eigenvalue weighted by atomic mass is 35.5. The van der Waals surface area contributed by atoms with Crippen LogP contribution in [-0.4, -0.2) is 19.2 Å². The van der Waals surface area contributed by atoms with Crippen molar-refractivity contribution >= 4 is 17.6 Å². The number of amides is 2. The summed E-state index contributed by atoms with van der Waals surface area (Å²) in [6.45, 7) is 3.24. The van der Waals surface area contributed by atoms with E-state index in [0.717, 1.165) is 11.1 Å². The zero-order chi connectivity index (χ0) is 15.8. The van der Waals surface area contributed by atoms with E-state index in [-0.39, 0.29) is 6.03 Å². The van der Waals surface area contributed by atoms with Crippen LogP contribution in [-0.2, 0) is 6.54 Å². The Bertz CT molecular complexity index is 617. The molecule has 0 aromatic heterocycles. The van der Waals surface area contributed by atoms with Crippen molar-refractivity contribution in [3.8, 4) is 5.75 Å². The number of aryl methyl sites for hydroxylation is 1. The highest BCUT2D eigenvalue weighted by Crippen LogP contribution is 2.24. The molecule has 116 valence electrons. The smallest absolute Gasteiger partial charge is 0.315 e. The Labute approximate surface area is 135 Å². The largest absolute Gasteiger partial charge is 0.490 e. The van der Waals surface area contributed by atoms with Gasteiger partial charge in [0, 0.05) is 6.54 Å². The molecule has 22 heavy (non-hydrogen) atoms. The first-order chi connectivity index (χ1) is 10.6. The summed E-state index contributed by atoms with van der Waals surface area (Å²) in [4.78, 5) is 11.6. The molecule has 0 saturated carbocycles. The Balaban J connectivity index is 1.66. The minimum atomic E-state index is -0.220. The normalized spacial score (nSPS) is 10.1. The first-order valence-electron chi connectivity index (χ1n) is 7.10. The predicted octanol–water partition coefficient (Wildman–Crippen LogP) is 3.53. The van der Waals surface area contributed by atoms with Crippen LogP contribution in [0.25, 0.3) is 0 Å². The molecule has 4 nitrogen and oxygen atoms in total. The lowest BCUT2D eigenvalue weighted by molar-refractivity contribution is 0.236. The second-order valence-corrected chi connectivity index (χ2v) is 5.28. The summed E-state index contributed by atoms with van der Waals surface area (Å²) < 4.78 is 5.56. The van der Waals surface area contributed by atoms with Crippen molar-refractivity contribution in [3.63, 3.8) is 0 Å². The number of rotatable bonds is 6. The van der Waals surface area contributed by atoms with Gasteiger partial charge in [0.15, 0.2) is 0 Å². The van der Waals surface area contributed by atoms with E-state index < -0.39 is 0 Å². The van der Waals surface area contributed by atoms with Gasteiger partial charge in [0.05, 0.1) is 11.6 Å². The third kappa shape index (κ3) is 5.30. The molecule has 0 heterocycles. The Hall–Kier alpha value is -2.20. The van der Waals surface area contributed by atoms with Crippen molar-refractivity contribution in [2.24, 2.45) is 0 Å². The first-order valence-corrected chi connectivity index (χ1v) is 7.47. The quantitative estimate of drug-likeness (QED) is 0.801. The molecule has 0 aliphatic rings. The van der Waals surface area contributed by atoms with Crippen molar-refractivity contribution in [1.82, 2.24) is 10.6 Å². The number of benzene rings is 2. The summed E-state index contributed by atoms with van der Waals surface area (Å²) in [5.74, 6) is 0.633. The van der Waals surface area contributed by atoms with E-state index in [2.05, 4.69) is 10.6 Å². The summed E-state index contributed by atoms with van der Waals surface area (Å²) >= 11 is 6.03. The van der Waals surface area contributed by atoms with Gasteiger partial charge in [0.2, 0.25) is 0 Å². The molecule has 2 aromatic carbocycles. The van der Waals surface area contributed by atoms with E-state index in [0.29, 0.717) is 30.5 Å². The van der Waals surface area contributed by atoms with Crippen LogP contribution in [0.3, 0.4) is 0 Å². The van der Waals surface area contributed by atoms with Crippen molar-refractivity contribution in [2.45, 2.75) is 13.5 Å². The maximum Gasteiger partial charge on any atom is 0.315 e. The van der Waals surface area contributed by atoms with Crippen LogP contribution in [0, 0.1) is 6.92 Å². The average molecular weight is 319 g/mol. The van der Waals surface area contributed by atoms with Gasteiger partial charge in [-0.1, -0.05) is 48.0 Å². The molecule has 0 unspecified atom stereocenters. The molecule has 0 aliphatic heterocycles. The second kappa shape index (κ2) is 8.29. The van der Waals surface area contributed by atoms with Crippen LogP contribution >= 0.6 is 11.6 Å². The molecule has 0 aliphatic carbocycles. The summed E-state index contributed by atoms with van der Waals surface area (Å²) in [6, 6.07) is 15.1. The Morgan fingerprint density at radius 3 is 2.68 bits per heavy atom. The van der Waals surface area contributed by atoms with Gasteiger partial charge in [0.1, 0.15) is 12.4 Å². The maximum absolute atomic E-state index is 11.6. The third-order valence-corrected chi connectivity index (χ3v) is 3.34. The fourth-order valence-corrected chi connectivity index (χ4v) is 2.06. The minimum Gasteiger partial charge on any atom is -0.490 e. The van der Waals surface area contributed by atoms with Gasteiger partial charge in [-0.15, -0.1) is 0 Å².